The number of anilines is 1. The normalized spacial score (nSPS) is 13.2. The van der Waals surface area contributed by atoms with Crippen LogP contribution < -0.4 is 10.6 Å². The van der Waals surface area contributed by atoms with E-state index in [9.17, 15) is 4.79 Å². The van der Waals surface area contributed by atoms with Crippen LogP contribution in [0.25, 0.3) is 0 Å². The van der Waals surface area contributed by atoms with Crippen LogP contribution in [0.5, 0.6) is 0 Å². The molecule has 0 bridgehead atoms. The Morgan fingerprint density at radius 2 is 2.00 bits per heavy atom. The van der Waals surface area contributed by atoms with Gasteiger partial charge in [0.2, 0.25) is 5.91 Å². The highest BCUT2D eigenvalue weighted by atomic mass is 35.5. The summed E-state index contributed by atoms with van der Waals surface area (Å²) in [5.74, 6) is 0.0262. The molecule has 1 rings (SSSR count). The van der Waals surface area contributed by atoms with Crippen molar-refractivity contribution >= 4 is 35.8 Å². The fourth-order valence-electron chi connectivity index (χ4n) is 1.82. The topological polar surface area (TPSA) is 41.1 Å². The Balaban J connectivity index is 0.00000400. The van der Waals surface area contributed by atoms with Crippen LogP contribution in [0, 0.1) is 12.8 Å². The first-order valence-electron chi connectivity index (χ1n) is 7.20. The van der Waals surface area contributed by atoms with Crippen LogP contribution in [-0.4, -0.2) is 24.7 Å². The van der Waals surface area contributed by atoms with E-state index in [1.165, 1.54) is 4.90 Å². The summed E-state index contributed by atoms with van der Waals surface area (Å²) >= 11 is 1.88. The van der Waals surface area contributed by atoms with E-state index in [0.717, 1.165) is 17.7 Å². The molecule has 0 aliphatic rings. The lowest BCUT2D eigenvalue weighted by Gasteiger charge is -2.15. The van der Waals surface area contributed by atoms with Gasteiger partial charge in [0, 0.05) is 28.3 Å². The van der Waals surface area contributed by atoms with E-state index < -0.39 is 0 Å². The molecule has 0 saturated heterocycles. The van der Waals surface area contributed by atoms with Gasteiger partial charge in [0.1, 0.15) is 0 Å². The third-order valence-corrected chi connectivity index (χ3v) is 4.59. The molecule has 0 radical (unpaired) electrons. The molecule has 0 saturated carbocycles. The third-order valence-electron chi connectivity index (χ3n) is 3.33. The van der Waals surface area contributed by atoms with E-state index in [2.05, 4.69) is 36.6 Å². The maximum Gasteiger partial charge on any atom is 0.228 e. The Kier molecular flexibility index (Phi) is 9.75. The quantitative estimate of drug-likeness (QED) is 0.739. The summed E-state index contributed by atoms with van der Waals surface area (Å²) in [4.78, 5) is 13.3. The molecule has 0 spiro atoms. The molecule has 3 nitrogen and oxygen atoms in total. The number of thioether (sulfide) groups is 1. The molecule has 1 amide bonds. The van der Waals surface area contributed by atoms with Gasteiger partial charge < -0.3 is 10.6 Å². The SMILES string of the molecule is CCC(C)Sc1ccc(NC(=O)C(C)CNC)c(C)c1.Cl. The summed E-state index contributed by atoms with van der Waals surface area (Å²) in [7, 11) is 1.86. The van der Waals surface area contributed by atoms with Crippen molar-refractivity contribution in [1.29, 1.82) is 0 Å². The van der Waals surface area contributed by atoms with Crippen LogP contribution in [0.1, 0.15) is 32.8 Å². The maximum absolute atomic E-state index is 12.0. The average Bonchev–Trinajstić information content (AvgIpc) is 2.41. The van der Waals surface area contributed by atoms with E-state index in [1.807, 2.05) is 38.7 Å². The highest BCUT2D eigenvalue weighted by molar-refractivity contribution is 7.99. The zero-order chi connectivity index (χ0) is 15.1. The van der Waals surface area contributed by atoms with Crippen LogP contribution in [0.2, 0.25) is 0 Å². The van der Waals surface area contributed by atoms with E-state index >= 15 is 0 Å². The minimum Gasteiger partial charge on any atom is -0.326 e. The molecular weight excluding hydrogens is 304 g/mol. The number of carbonyl (C=O) groups excluding carboxylic acids is 1. The summed E-state index contributed by atoms with van der Waals surface area (Å²) in [6.45, 7) is 9.08. The van der Waals surface area contributed by atoms with E-state index in [1.54, 1.807) is 0 Å². The largest absolute Gasteiger partial charge is 0.326 e. The lowest BCUT2D eigenvalue weighted by atomic mass is 10.1. The second kappa shape index (κ2) is 10.1. The van der Waals surface area contributed by atoms with Crippen LogP contribution in [0.4, 0.5) is 5.69 Å². The maximum atomic E-state index is 12.0. The minimum atomic E-state index is -0.0337. The highest BCUT2D eigenvalue weighted by Gasteiger charge is 2.13. The first-order chi connectivity index (χ1) is 9.47. The van der Waals surface area contributed by atoms with Crippen molar-refractivity contribution in [3.05, 3.63) is 23.8 Å². The van der Waals surface area contributed by atoms with E-state index in [4.69, 9.17) is 0 Å². The van der Waals surface area contributed by atoms with E-state index in [0.29, 0.717) is 11.8 Å². The highest BCUT2D eigenvalue weighted by Crippen LogP contribution is 2.28. The third kappa shape index (κ3) is 6.72. The molecular formula is C16H27ClN2OS. The Hall–Kier alpha value is -0.710. The standard InChI is InChI=1S/C16H26N2OS.ClH/c1-6-13(4)20-14-7-8-15(11(2)9-14)18-16(19)12(3)10-17-5;/h7-9,12-13,17H,6,10H2,1-5H3,(H,18,19);1H. The summed E-state index contributed by atoms with van der Waals surface area (Å²) in [6.07, 6.45) is 1.16. The fraction of sp³-hybridized carbons (Fsp3) is 0.562. The zero-order valence-corrected chi connectivity index (χ0v) is 15.2. The molecule has 21 heavy (non-hydrogen) atoms. The molecule has 2 atom stereocenters. The van der Waals surface area contributed by atoms with Gasteiger partial charge in [-0.3, -0.25) is 4.79 Å². The molecule has 0 aliphatic carbocycles. The predicted octanol–water partition coefficient (Wildman–Crippen LogP) is 4.10. The summed E-state index contributed by atoms with van der Waals surface area (Å²) in [5, 5.41) is 6.64. The minimum absolute atomic E-state index is 0. The Bertz CT molecular complexity index is 454. The second-order valence-corrected chi connectivity index (χ2v) is 6.77. The van der Waals surface area contributed by atoms with Crippen LogP contribution in [0.3, 0.4) is 0 Å². The monoisotopic (exact) mass is 330 g/mol. The van der Waals surface area contributed by atoms with Crippen LogP contribution >= 0.6 is 24.2 Å². The first-order valence-corrected chi connectivity index (χ1v) is 8.08. The van der Waals surface area contributed by atoms with Gasteiger partial charge in [-0.15, -0.1) is 24.2 Å². The Morgan fingerprint density at radius 1 is 1.33 bits per heavy atom. The van der Waals surface area contributed by atoms with Gasteiger partial charge in [0.15, 0.2) is 0 Å². The summed E-state index contributed by atoms with van der Waals surface area (Å²) in [5.41, 5.74) is 2.02. The lowest BCUT2D eigenvalue weighted by Crippen LogP contribution is -2.28. The van der Waals surface area contributed by atoms with Crippen LogP contribution in [-0.2, 0) is 4.79 Å². The molecule has 0 aliphatic heterocycles. The van der Waals surface area contributed by atoms with Gasteiger partial charge in [-0.05, 0) is 44.2 Å². The molecule has 0 aromatic heterocycles. The lowest BCUT2D eigenvalue weighted by molar-refractivity contribution is -0.119. The van der Waals surface area contributed by atoms with Crippen molar-refractivity contribution in [2.75, 3.05) is 18.9 Å². The second-order valence-electron chi connectivity index (χ2n) is 5.26. The van der Waals surface area contributed by atoms with Crippen molar-refractivity contribution in [3.63, 3.8) is 0 Å². The fourth-order valence-corrected chi connectivity index (χ4v) is 2.84. The summed E-state index contributed by atoms with van der Waals surface area (Å²) in [6, 6.07) is 6.24. The number of halogens is 1. The number of nitrogens with one attached hydrogen (secondary N) is 2. The number of carbonyl (C=O) groups is 1. The molecule has 0 fully saturated rings. The molecule has 2 N–H and O–H groups in total. The molecule has 1 aromatic rings. The average molecular weight is 331 g/mol. The van der Waals surface area contributed by atoms with Gasteiger partial charge in [-0.25, -0.2) is 0 Å². The molecule has 5 heteroatoms. The predicted molar refractivity (Wildman–Crippen MR) is 95.8 cm³/mol. The van der Waals surface area contributed by atoms with Crippen molar-refractivity contribution in [3.8, 4) is 0 Å². The molecule has 0 heterocycles. The van der Waals surface area contributed by atoms with Gasteiger partial charge in [-0.2, -0.15) is 0 Å². The van der Waals surface area contributed by atoms with Gasteiger partial charge >= 0.3 is 0 Å². The number of hydrogen-bond acceptors (Lipinski definition) is 3. The first kappa shape index (κ1) is 20.3. The number of rotatable bonds is 7. The van der Waals surface area contributed by atoms with Gasteiger partial charge in [-0.1, -0.05) is 20.8 Å². The Labute approximate surface area is 139 Å². The van der Waals surface area contributed by atoms with Crippen molar-refractivity contribution in [2.24, 2.45) is 5.92 Å². The zero-order valence-electron chi connectivity index (χ0n) is 13.5. The molecule has 1 aromatic carbocycles. The van der Waals surface area contributed by atoms with Crippen molar-refractivity contribution in [2.45, 2.75) is 44.3 Å². The molecule has 2 unspecified atom stereocenters. The number of hydrogen-bond donors (Lipinski definition) is 2. The van der Waals surface area contributed by atoms with Crippen LogP contribution in [0.15, 0.2) is 23.1 Å². The number of aryl methyl sites for hydroxylation is 1. The van der Waals surface area contributed by atoms with Gasteiger partial charge in [0.25, 0.3) is 0 Å². The van der Waals surface area contributed by atoms with Gasteiger partial charge in [0.05, 0.1) is 0 Å². The number of benzene rings is 1. The van der Waals surface area contributed by atoms with Crippen molar-refractivity contribution < 1.29 is 4.79 Å². The Morgan fingerprint density at radius 3 is 2.52 bits per heavy atom. The summed E-state index contributed by atoms with van der Waals surface area (Å²) < 4.78 is 0. The smallest absolute Gasteiger partial charge is 0.228 e. The van der Waals surface area contributed by atoms with E-state index in [-0.39, 0.29) is 24.2 Å². The van der Waals surface area contributed by atoms with Crippen molar-refractivity contribution in [1.82, 2.24) is 5.32 Å². The number of amides is 1. The molecule has 120 valence electrons.